The van der Waals surface area contributed by atoms with Gasteiger partial charge < -0.3 is 14.2 Å². The van der Waals surface area contributed by atoms with Gasteiger partial charge in [-0.3, -0.25) is 14.4 Å². The molecule has 0 aliphatic heterocycles. The van der Waals surface area contributed by atoms with E-state index in [1.54, 1.807) is 0 Å². The number of unbranched alkanes of at least 4 members (excludes halogenated alkanes) is 21. The van der Waals surface area contributed by atoms with Crippen molar-refractivity contribution in [2.24, 2.45) is 0 Å². The van der Waals surface area contributed by atoms with Crippen LogP contribution in [0.3, 0.4) is 0 Å². The van der Waals surface area contributed by atoms with Gasteiger partial charge in [-0.2, -0.15) is 0 Å². The molecule has 0 aliphatic carbocycles. The number of ether oxygens (including phenoxy) is 3. The van der Waals surface area contributed by atoms with Crippen LogP contribution in [0.15, 0.2) is 85.1 Å². The highest BCUT2D eigenvalue weighted by atomic mass is 16.6. The average Bonchev–Trinajstić information content (AvgIpc) is 3.26. The molecule has 0 radical (unpaired) electrons. The third-order valence-electron chi connectivity index (χ3n) is 10.5. The molecule has 348 valence electrons. The van der Waals surface area contributed by atoms with E-state index < -0.39 is 6.10 Å². The Labute approximate surface area is 375 Å². The van der Waals surface area contributed by atoms with E-state index in [1.807, 2.05) is 0 Å². The SMILES string of the molecule is CC\C=C/C=C\C=C/CCCCCCCCCC(=O)OC(COC(=O)CCCCCCCC/C=C\C/C=C\C/C=C\C/C=C\CC)COC(=O)CCCCCCCCCCC. The lowest BCUT2D eigenvalue weighted by molar-refractivity contribution is -0.167. The zero-order chi connectivity index (χ0) is 44.4. The van der Waals surface area contributed by atoms with Crippen molar-refractivity contribution >= 4 is 17.9 Å². The van der Waals surface area contributed by atoms with E-state index in [0.29, 0.717) is 19.3 Å². The molecule has 1 atom stereocenters. The molecule has 0 amide bonds. The van der Waals surface area contributed by atoms with Crippen LogP contribution in [0.5, 0.6) is 0 Å². The van der Waals surface area contributed by atoms with E-state index in [1.165, 1.54) is 83.5 Å². The van der Waals surface area contributed by atoms with E-state index >= 15 is 0 Å². The summed E-state index contributed by atoms with van der Waals surface area (Å²) in [5, 5.41) is 0. The Morgan fingerprint density at radius 3 is 1.18 bits per heavy atom. The summed E-state index contributed by atoms with van der Waals surface area (Å²) in [7, 11) is 0. The molecular formula is C55H92O6. The minimum absolute atomic E-state index is 0.0857. The van der Waals surface area contributed by atoms with Crippen molar-refractivity contribution in [1.29, 1.82) is 0 Å². The second kappa shape index (κ2) is 49.2. The molecule has 6 nitrogen and oxygen atoms in total. The fourth-order valence-electron chi connectivity index (χ4n) is 6.73. The number of hydrogen-bond acceptors (Lipinski definition) is 6. The Morgan fingerprint density at radius 1 is 0.361 bits per heavy atom. The quantitative estimate of drug-likeness (QED) is 0.0200. The van der Waals surface area contributed by atoms with Crippen LogP contribution in [-0.2, 0) is 28.6 Å². The van der Waals surface area contributed by atoms with Crippen LogP contribution in [0.4, 0.5) is 0 Å². The molecule has 0 aromatic carbocycles. The van der Waals surface area contributed by atoms with E-state index in [9.17, 15) is 14.4 Å². The van der Waals surface area contributed by atoms with Crippen molar-refractivity contribution in [2.75, 3.05) is 13.2 Å². The monoisotopic (exact) mass is 849 g/mol. The maximum atomic E-state index is 12.8. The highest BCUT2D eigenvalue weighted by Gasteiger charge is 2.19. The summed E-state index contributed by atoms with van der Waals surface area (Å²) in [6.07, 6.45) is 62.8. The summed E-state index contributed by atoms with van der Waals surface area (Å²) < 4.78 is 16.7. The summed E-state index contributed by atoms with van der Waals surface area (Å²) in [5.41, 5.74) is 0. The molecule has 0 bridgehead atoms. The largest absolute Gasteiger partial charge is 0.462 e. The van der Waals surface area contributed by atoms with Gasteiger partial charge in [0.25, 0.3) is 0 Å². The first-order chi connectivity index (χ1) is 30.0. The lowest BCUT2D eigenvalue weighted by atomic mass is 10.1. The molecule has 1 unspecified atom stereocenters. The first-order valence-corrected chi connectivity index (χ1v) is 25.1. The number of rotatable bonds is 44. The maximum Gasteiger partial charge on any atom is 0.306 e. The molecule has 0 saturated heterocycles. The van der Waals surface area contributed by atoms with Crippen molar-refractivity contribution in [3.05, 3.63) is 85.1 Å². The van der Waals surface area contributed by atoms with Gasteiger partial charge in [0.15, 0.2) is 6.10 Å². The lowest BCUT2D eigenvalue weighted by Crippen LogP contribution is -2.30. The van der Waals surface area contributed by atoms with Gasteiger partial charge in [-0.25, -0.2) is 0 Å². The van der Waals surface area contributed by atoms with Gasteiger partial charge in [0.05, 0.1) is 0 Å². The van der Waals surface area contributed by atoms with E-state index in [2.05, 4.69) is 106 Å². The zero-order valence-electron chi connectivity index (χ0n) is 39.7. The first-order valence-electron chi connectivity index (χ1n) is 25.1. The second-order valence-electron chi connectivity index (χ2n) is 16.4. The van der Waals surface area contributed by atoms with Crippen molar-refractivity contribution in [3.8, 4) is 0 Å². The Bertz CT molecular complexity index is 1200. The van der Waals surface area contributed by atoms with Crippen LogP contribution in [0.1, 0.15) is 226 Å². The van der Waals surface area contributed by atoms with Gasteiger partial charge in [0.1, 0.15) is 13.2 Å². The maximum absolute atomic E-state index is 12.8. The van der Waals surface area contributed by atoms with Gasteiger partial charge in [-0.05, 0) is 77.0 Å². The van der Waals surface area contributed by atoms with E-state index in [4.69, 9.17) is 14.2 Å². The molecule has 61 heavy (non-hydrogen) atoms. The molecule has 0 fully saturated rings. The lowest BCUT2D eigenvalue weighted by Gasteiger charge is -2.18. The average molecular weight is 849 g/mol. The topological polar surface area (TPSA) is 78.9 Å². The minimum atomic E-state index is -0.786. The van der Waals surface area contributed by atoms with Gasteiger partial charge in [0.2, 0.25) is 0 Å². The van der Waals surface area contributed by atoms with Crippen LogP contribution in [0.2, 0.25) is 0 Å². The predicted molar refractivity (Wildman–Crippen MR) is 261 cm³/mol. The molecule has 0 aliphatic rings. The number of carbonyl (C=O) groups is 3. The second-order valence-corrected chi connectivity index (χ2v) is 16.4. The van der Waals surface area contributed by atoms with Crippen molar-refractivity contribution < 1.29 is 28.6 Å². The van der Waals surface area contributed by atoms with Gasteiger partial charge in [-0.15, -0.1) is 0 Å². The predicted octanol–water partition coefficient (Wildman–Crippen LogP) is 16.4. The molecule has 0 rings (SSSR count). The summed E-state index contributed by atoms with van der Waals surface area (Å²) in [6.45, 7) is 6.35. The van der Waals surface area contributed by atoms with Crippen LogP contribution >= 0.6 is 0 Å². The summed E-state index contributed by atoms with van der Waals surface area (Å²) in [5.74, 6) is -0.917. The van der Waals surface area contributed by atoms with Gasteiger partial charge >= 0.3 is 17.9 Å². The number of hydrogen-bond donors (Lipinski definition) is 0. The van der Waals surface area contributed by atoms with Crippen LogP contribution < -0.4 is 0 Å². The number of allylic oxidation sites excluding steroid dienone is 14. The Balaban J connectivity index is 4.37. The van der Waals surface area contributed by atoms with Gasteiger partial charge in [-0.1, -0.05) is 215 Å². The molecule has 0 spiro atoms. The van der Waals surface area contributed by atoms with Crippen molar-refractivity contribution in [1.82, 2.24) is 0 Å². The van der Waals surface area contributed by atoms with Crippen LogP contribution in [0, 0.1) is 0 Å². The highest BCUT2D eigenvalue weighted by Crippen LogP contribution is 2.14. The van der Waals surface area contributed by atoms with E-state index in [-0.39, 0.29) is 31.1 Å². The number of carbonyl (C=O) groups excluding carboxylic acids is 3. The van der Waals surface area contributed by atoms with E-state index in [0.717, 1.165) is 103 Å². The molecule has 0 saturated carbocycles. The van der Waals surface area contributed by atoms with Gasteiger partial charge in [0, 0.05) is 19.3 Å². The molecule has 0 aromatic heterocycles. The minimum Gasteiger partial charge on any atom is -0.462 e. The first kappa shape index (κ1) is 57.6. The molecular weight excluding hydrogens is 757 g/mol. The Morgan fingerprint density at radius 2 is 0.721 bits per heavy atom. The fraction of sp³-hybridized carbons (Fsp3) is 0.691. The fourth-order valence-corrected chi connectivity index (χ4v) is 6.73. The summed E-state index contributed by atoms with van der Waals surface area (Å²) in [4.78, 5) is 37.9. The summed E-state index contributed by atoms with van der Waals surface area (Å²) >= 11 is 0. The Hall–Kier alpha value is -3.41. The third kappa shape index (κ3) is 47.5. The number of esters is 3. The normalized spacial score (nSPS) is 12.8. The highest BCUT2D eigenvalue weighted by molar-refractivity contribution is 5.71. The van der Waals surface area contributed by atoms with Crippen molar-refractivity contribution in [2.45, 2.75) is 232 Å². The smallest absolute Gasteiger partial charge is 0.306 e. The summed E-state index contributed by atoms with van der Waals surface area (Å²) in [6, 6.07) is 0. The Kier molecular flexibility index (Phi) is 46.5. The van der Waals surface area contributed by atoms with Crippen LogP contribution in [-0.4, -0.2) is 37.2 Å². The molecule has 0 N–H and O–H groups in total. The third-order valence-corrected chi connectivity index (χ3v) is 10.5. The van der Waals surface area contributed by atoms with Crippen LogP contribution in [0.25, 0.3) is 0 Å². The molecule has 0 aromatic rings. The zero-order valence-corrected chi connectivity index (χ0v) is 39.7. The standard InChI is InChI=1S/C55H92O6/c1-4-7-10-13-16-19-21-23-25-26-27-28-30-31-33-36-39-42-45-48-54(57)60-51-52(50-59-53(56)47-44-41-38-35-18-15-12-9-6-3)61-55(58)49-46-43-40-37-34-32-29-24-22-20-17-14-11-8-5-2/h7-8,10-11,14,16-17,19-20,22-23,25,27-28,52H,4-6,9,12-13,15,18,21,24,26,29-51H2,1-3H3/b10-7-,11-8-,17-14-,19-16-,22-20-,25-23-,28-27-. The molecule has 0 heterocycles. The van der Waals surface area contributed by atoms with Crippen molar-refractivity contribution in [3.63, 3.8) is 0 Å². The molecule has 6 heteroatoms.